The summed E-state index contributed by atoms with van der Waals surface area (Å²) in [6.07, 6.45) is 0. The van der Waals surface area contributed by atoms with Crippen LogP contribution in [0, 0.1) is 6.92 Å². The molecule has 1 amide bonds. The van der Waals surface area contributed by atoms with Crippen LogP contribution in [-0.2, 0) is 0 Å². The lowest BCUT2D eigenvalue weighted by molar-refractivity contribution is 0.103. The van der Waals surface area contributed by atoms with Gasteiger partial charge in [0, 0.05) is 5.69 Å². The largest absolute Gasteiger partial charge is 0.382 e. The Hall–Kier alpha value is -2.57. The fourth-order valence-corrected chi connectivity index (χ4v) is 3.22. The number of anilines is 4. The van der Waals surface area contributed by atoms with E-state index in [9.17, 15) is 4.79 Å². The van der Waals surface area contributed by atoms with Crippen LogP contribution in [-0.4, -0.2) is 10.9 Å². The van der Waals surface area contributed by atoms with Gasteiger partial charge < -0.3 is 16.4 Å². The van der Waals surface area contributed by atoms with E-state index in [1.807, 2.05) is 49.4 Å². The molecular weight excluding hydrogens is 344 g/mol. The smallest absolute Gasteiger partial charge is 0.269 e. The number of carbonyl (C=O) groups is 1. The molecule has 3 aromatic rings. The lowest BCUT2D eigenvalue weighted by atomic mass is 10.2. The summed E-state index contributed by atoms with van der Waals surface area (Å²) >= 11 is 7.33. The monoisotopic (exact) mass is 358 g/mol. The van der Waals surface area contributed by atoms with Gasteiger partial charge in [-0.25, -0.2) is 4.98 Å². The zero-order chi connectivity index (χ0) is 17.1. The van der Waals surface area contributed by atoms with Gasteiger partial charge >= 0.3 is 0 Å². The van der Waals surface area contributed by atoms with E-state index in [4.69, 9.17) is 17.3 Å². The van der Waals surface area contributed by atoms with Gasteiger partial charge in [0.2, 0.25) is 0 Å². The van der Waals surface area contributed by atoms with Crippen LogP contribution in [0.5, 0.6) is 0 Å². The van der Waals surface area contributed by atoms with Gasteiger partial charge in [0.15, 0.2) is 5.13 Å². The maximum atomic E-state index is 12.5. The summed E-state index contributed by atoms with van der Waals surface area (Å²) in [5.41, 5.74) is 8.22. The summed E-state index contributed by atoms with van der Waals surface area (Å²) in [4.78, 5) is 17.0. The molecule has 0 saturated carbocycles. The number of nitrogens with zero attached hydrogens (tertiary/aromatic N) is 1. The molecule has 1 aromatic heterocycles. The van der Waals surface area contributed by atoms with Crippen LogP contribution in [0.4, 0.5) is 22.3 Å². The van der Waals surface area contributed by atoms with Gasteiger partial charge in [0.1, 0.15) is 10.7 Å². The third kappa shape index (κ3) is 3.50. The number of carbonyl (C=O) groups excluding carboxylic acids is 1. The minimum absolute atomic E-state index is 0.181. The lowest BCUT2D eigenvalue weighted by Gasteiger charge is -2.09. The number of nitrogen functional groups attached to an aromatic ring is 1. The summed E-state index contributed by atoms with van der Waals surface area (Å²) in [6, 6.07) is 15.0. The first-order valence-electron chi connectivity index (χ1n) is 7.19. The fraction of sp³-hybridized carbons (Fsp3) is 0.0588. The number of aryl methyl sites for hydroxylation is 1. The van der Waals surface area contributed by atoms with Crippen LogP contribution in [0.25, 0.3) is 0 Å². The average Bonchev–Trinajstić information content (AvgIpc) is 2.92. The molecule has 0 atom stereocenters. The number of amides is 1. The van der Waals surface area contributed by atoms with E-state index in [2.05, 4.69) is 15.6 Å². The van der Waals surface area contributed by atoms with Gasteiger partial charge in [0.05, 0.1) is 10.7 Å². The Labute approximate surface area is 148 Å². The molecule has 0 spiro atoms. The van der Waals surface area contributed by atoms with Gasteiger partial charge in [0.25, 0.3) is 5.91 Å². The van der Waals surface area contributed by atoms with E-state index in [1.54, 1.807) is 6.07 Å². The second-order valence-electron chi connectivity index (χ2n) is 5.11. The third-order valence-corrected chi connectivity index (χ3v) is 4.65. The number of halogens is 1. The highest BCUT2D eigenvalue weighted by Crippen LogP contribution is 2.30. The molecule has 5 nitrogen and oxygen atoms in total. The SMILES string of the molecule is Cc1cccc(Cl)c1NC(=O)c1sc(Nc2ccccc2)nc1N. The third-order valence-electron chi connectivity index (χ3n) is 3.35. The molecule has 0 bridgehead atoms. The molecular formula is C17H15ClN4OS. The molecule has 7 heteroatoms. The number of hydrogen-bond donors (Lipinski definition) is 3. The average molecular weight is 359 g/mol. The molecule has 4 N–H and O–H groups in total. The molecule has 0 aliphatic heterocycles. The highest BCUT2D eigenvalue weighted by atomic mass is 35.5. The number of para-hydroxylation sites is 2. The van der Waals surface area contributed by atoms with Crippen LogP contribution >= 0.6 is 22.9 Å². The molecule has 0 fully saturated rings. The Kier molecular flexibility index (Phi) is 4.69. The van der Waals surface area contributed by atoms with Gasteiger partial charge in [-0.3, -0.25) is 4.79 Å². The summed E-state index contributed by atoms with van der Waals surface area (Å²) in [6.45, 7) is 1.87. The van der Waals surface area contributed by atoms with E-state index in [-0.39, 0.29) is 11.7 Å². The van der Waals surface area contributed by atoms with Crippen molar-refractivity contribution < 1.29 is 4.79 Å². The maximum Gasteiger partial charge on any atom is 0.269 e. The van der Waals surface area contributed by atoms with Crippen molar-refractivity contribution in [2.45, 2.75) is 6.92 Å². The fourth-order valence-electron chi connectivity index (χ4n) is 2.15. The van der Waals surface area contributed by atoms with Crippen LogP contribution < -0.4 is 16.4 Å². The first kappa shape index (κ1) is 16.3. The van der Waals surface area contributed by atoms with Crippen LogP contribution in [0.15, 0.2) is 48.5 Å². The van der Waals surface area contributed by atoms with E-state index >= 15 is 0 Å². The van der Waals surface area contributed by atoms with Crippen molar-refractivity contribution in [3.8, 4) is 0 Å². The zero-order valence-electron chi connectivity index (χ0n) is 12.8. The minimum atomic E-state index is -0.331. The number of thiazole rings is 1. The number of rotatable bonds is 4. The van der Waals surface area contributed by atoms with E-state index in [0.717, 1.165) is 11.3 Å². The summed E-state index contributed by atoms with van der Waals surface area (Å²) < 4.78 is 0. The predicted molar refractivity (Wildman–Crippen MR) is 100 cm³/mol. The van der Waals surface area contributed by atoms with Gasteiger partial charge in [-0.2, -0.15) is 0 Å². The van der Waals surface area contributed by atoms with Gasteiger partial charge in [-0.15, -0.1) is 0 Å². The highest BCUT2D eigenvalue weighted by molar-refractivity contribution is 7.18. The summed E-state index contributed by atoms with van der Waals surface area (Å²) in [5, 5.41) is 6.97. The molecule has 0 aliphatic carbocycles. The Morgan fingerprint density at radius 2 is 1.92 bits per heavy atom. The quantitative estimate of drug-likeness (QED) is 0.632. The van der Waals surface area contributed by atoms with Crippen LogP contribution in [0.3, 0.4) is 0 Å². The maximum absolute atomic E-state index is 12.5. The Morgan fingerprint density at radius 3 is 2.62 bits per heavy atom. The zero-order valence-corrected chi connectivity index (χ0v) is 14.4. The van der Waals surface area contributed by atoms with Crippen molar-refractivity contribution in [1.29, 1.82) is 0 Å². The van der Waals surface area contributed by atoms with Crippen molar-refractivity contribution >= 4 is 51.2 Å². The second-order valence-corrected chi connectivity index (χ2v) is 6.52. The number of nitrogens with one attached hydrogen (secondary N) is 2. The number of benzene rings is 2. The first-order valence-corrected chi connectivity index (χ1v) is 8.39. The topological polar surface area (TPSA) is 80.0 Å². The highest BCUT2D eigenvalue weighted by Gasteiger charge is 2.18. The van der Waals surface area contributed by atoms with Crippen molar-refractivity contribution in [2.75, 3.05) is 16.4 Å². The second kappa shape index (κ2) is 6.90. The molecule has 24 heavy (non-hydrogen) atoms. The number of aromatic nitrogens is 1. The van der Waals surface area contributed by atoms with Crippen LogP contribution in [0.1, 0.15) is 15.2 Å². The molecule has 1 heterocycles. The Morgan fingerprint density at radius 1 is 1.17 bits per heavy atom. The standard InChI is InChI=1S/C17H15ClN4OS/c1-10-6-5-9-12(18)13(10)21-16(23)14-15(19)22-17(24-14)20-11-7-3-2-4-8-11/h2-9H,19H2,1H3,(H,20,22)(H,21,23). The Balaban J connectivity index is 1.81. The molecule has 122 valence electrons. The van der Waals surface area contributed by atoms with Crippen molar-refractivity contribution in [1.82, 2.24) is 4.98 Å². The van der Waals surface area contributed by atoms with E-state index in [1.165, 1.54) is 11.3 Å². The van der Waals surface area contributed by atoms with Crippen molar-refractivity contribution in [3.05, 3.63) is 64.0 Å². The Bertz CT molecular complexity index is 859. The molecule has 0 radical (unpaired) electrons. The van der Waals surface area contributed by atoms with Crippen molar-refractivity contribution in [3.63, 3.8) is 0 Å². The molecule has 3 rings (SSSR count). The number of nitrogens with two attached hydrogens (primary N) is 1. The van der Waals surface area contributed by atoms with Gasteiger partial charge in [-0.05, 0) is 30.7 Å². The minimum Gasteiger partial charge on any atom is -0.382 e. The molecule has 0 saturated heterocycles. The summed E-state index contributed by atoms with van der Waals surface area (Å²) in [5.74, 6) is -0.150. The molecule has 0 aliphatic rings. The normalized spacial score (nSPS) is 10.4. The summed E-state index contributed by atoms with van der Waals surface area (Å²) in [7, 11) is 0. The molecule has 2 aromatic carbocycles. The first-order chi connectivity index (χ1) is 11.5. The van der Waals surface area contributed by atoms with E-state index in [0.29, 0.717) is 20.7 Å². The number of hydrogen-bond acceptors (Lipinski definition) is 5. The predicted octanol–water partition coefficient (Wildman–Crippen LogP) is 4.68. The van der Waals surface area contributed by atoms with Crippen LogP contribution in [0.2, 0.25) is 5.02 Å². The molecule has 0 unspecified atom stereocenters. The van der Waals surface area contributed by atoms with E-state index < -0.39 is 0 Å². The van der Waals surface area contributed by atoms with Gasteiger partial charge in [-0.1, -0.05) is 53.3 Å². The van der Waals surface area contributed by atoms with Crippen molar-refractivity contribution in [2.24, 2.45) is 0 Å². The lowest BCUT2D eigenvalue weighted by Crippen LogP contribution is -2.13.